The fraction of sp³-hybridized carbons (Fsp3) is 0.417. The smallest absolute Gasteiger partial charge is 0.459 e. The van der Waals surface area contributed by atoms with Crippen LogP contribution in [0.4, 0.5) is 10.5 Å². The highest BCUT2D eigenvalue weighted by molar-refractivity contribution is 7.52. The van der Waals surface area contributed by atoms with Crippen LogP contribution < -0.4 is 14.1 Å². The summed E-state index contributed by atoms with van der Waals surface area (Å²) < 4.78 is 35.6. The number of nitro groups is 1. The second-order valence-corrected chi connectivity index (χ2v) is 11.0. The van der Waals surface area contributed by atoms with E-state index in [4.69, 9.17) is 18.5 Å². The molecule has 1 aliphatic rings. The van der Waals surface area contributed by atoms with Gasteiger partial charge < -0.3 is 23.4 Å². The lowest BCUT2D eigenvalue weighted by atomic mass is 10.2. The summed E-state index contributed by atoms with van der Waals surface area (Å²) in [4.78, 5) is 36.8. The standard InChI is InChI=1S/C24H30N3O9P/c1-17(22(28)33-21-14-15-26(16-21)23(29)34-24(2,3)4)25-37(32,35-19-8-6-5-7-9-19)36-20-12-10-18(11-13-20)27(30)31/h5-13,17,21H,14-16H2,1-4H3,(H,25,32)/t17?,21-,37?/m0/s1. The van der Waals surface area contributed by atoms with Crippen molar-refractivity contribution in [2.45, 2.75) is 51.9 Å². The molecule has 12 nitrogen and oxygen atoms in total. The molecule has 200 valence electrons. The summed E-state index contributed by atoms with van der Waals surface area (Å²) in [5.41, 5.74) is -0.818. The maximum absolute atomic E-state index is 13.6. The zero-order valence-corrected chi connectivity index (χ0v) is 21.9. The molecule has 2 aromatic carbocycles. The Kier molecular flexibility index (Phi) is 8.77. The number of esters is 1. The van der Waals surface area contributed by atoms with E-state index in [0.29, 0.717) is 13.0 Å². The van der Waals surface area contributed by atoms with Crippen molar-refractivity contribution in [1.82, 2.24) is 9.99 Å². The van der Waals surface area contributed by atoms with Gasteiger partial charge in [0.05, 0.1) is 11.5 Å². The molecule has 0 radical (unpaired) electrons. The number of carbonyl (C=O) groups excluding carboxylic acids is 2. The van der Waals surface area contributed by atoms with Gasteiger partial charge in [0.1, 0.15) is 29.2 Å². The van der Waals surface area contributed by atoms with E-state index in [1.165, 1.54) is 36.1 Å². The number of nitrogens with zero attached hydrogens (tertiary/aromatic N) is 2. The van der Waals surface area contributed by atoms with E-state index in [1.807, 2.05) is 0 Å². The van der Waals surface area contributed by atoms with E-state index in [-0.39, 0.29) is 23.7 Å². The summed E-state index contributed by atoms with van der Waals surface area (Å²) in [6.45, 7) is 7.27. The Labute approximate surface area is 214 Å². The van der Waals surface area contributed by atoms with Gasteiger partial charge in [-0.25, -0.2) is 9.36 Å². The molecule has 1 amide bonds. The number of non-ortho nitro benzene ring substituents is 1. The number of carbonyl (C=O) groups is 2. The molecule has 1 N–H and O–H groups in total. The SMILES string of the molecule is CC(NP(=O)(Oc1ccccc1)Oc1ccc([N+](=O)[O-])cc1)C(=O)O[C@H]1CCN(C(=O)OC(C)(C)C)C1. The first-order chi connectivity index (χ1) is 17.3. The molecule has 0 bridgehead atoms. The lowest BCUT2D eigenvalue weighted by molar-refractivity contribution is -0.384. The highest BCUT2D eigenvalue weighted by Gasteiger charge is 2.37. The summed E-state index contributed by atoms with van der Waals surface area (Å²) in [7, 11) is -4.21. The maximum Gasteiger partial charge on any atom is 0.513 e. The van der Waals surface area contributed by atoms with Crippen LogP contribution in [0.15, 0.2) is 54.6 Å². The van der Waals surface area contributed by atoms with Crippen LogP contribution in [0.3, 0.4) is 0 Å². The number of hydrogen-bond acceptors (Lipinski definition) is 9. The van der Waals surface area contributed by atoms with Crippen LogP contribution in [0, 0.1) is 10.1 Å². The first-order valence-electron chi connectivity index (χ1n) is 11.6. The molecule has 0 aliphatic carbocycles. The summed E-state index contributed by atoms with van der Waals surface area (Å²) in [5.74, 6) is -0.480. The highest BCUT2D eigenvalue weighted by Crippen LogP contribution is 2.45. The average Bonchev–Trinajstić information content (AvgIpc) is 3.27. The van der Waals surface area contributed by atoms with Gasteiger partial charge >= 0.3 is 19.8 Å². The average molecular weight is 535 g/mol. The number of amides is 1. The largest absolute Gasteiger partial charge is 0.513 e. The van der Waals surface area contributed by atoms with Gasteiger partial charge in [-0.2, -0.15) is 5.09 Å². The first kappa shape index (κ1) is 27.9. The van der Waals surface area contributed by atoms with Crippen molar-refractivity contribution in [1.29, 1.82) is 0 Å². The minimum absolute atomic E-state index is 0.0294. The third-order valence-corrected chi connectivity index (χ3v) is 6.63. The van der Waals surface area contributed by atoms with Crippen molar-refractivity contribution in [3.63, 3.8) is 0 Å². The second kappa shape index (κ2) is 11.6. The first-order valence-corrected chi connectivity index (χ1v) is 13.1. The summed E-state index contributed by atoms with van der Waals surface area (Å²) in [6, 6.07) is 12.0. The predicted octanol–water partition coefficient (Wildman–Crippen LogP) is 4.69. The predicted molar refractivity (Wildman–Crippen MR) is 133 cm³/mol. The Hall–Kier alpha value is -3.63. The van der Waals surface area contributed by atoms with Crippen LogP contribution in [0.2, 0.25) is 0 Å². The van der Waals surface area contributed by atoms with Gasteiger partial charge in [-0.15, -0.1) is 0 Å². The topological polar surface area (TPSA) is 147 Å². The molecular formula is C24H30N3O9P. The van der Waals surface area contributed by atoms with E-state index in [0.717, 1.165) is 0 Å². The number of rotatable bonds is 9. The lowest BCUT2D eigenvalue weighted by Crippen LogP contribution is -2.39. The molecule has 1 aliphatic heterocycles. The Morgan fingerprint density at radius 2 is 1.68 bits per heavy atom. The number of nitrogens with one attached hydrogen (secondary N) is 1. The van der Waals surface area contributed by atoms with Gasteiger partial charge in [0, 0.05) is 25.1 Å². The van der Waals surface area contributed by atoms with Gasteiger partial charge in [-0.1, -0.05) is 18.2 Å². The molecule has 1 saturated heterocycles. The fourth-order valence-electron chi connectivity index (χ4n) is 3.33. The number of hydrogen-bond donors (Lipinski definition) is 1. The van der Waals surface area contributed by atoms with Gasteiger partial charge in [0.15, 0.2) is 0 Å². The summed E-state index contributed by atoms with van der Waals surface area (Å²) >= 11 is 0. The number of para-hydroxylation sites is 1. The van der Waals surface area contributed by atoms with E-state index in [9.17, 15) is 24.3 Å². The molecule has 3 rings (SSSR count). The third kappa shape index (κ3) is 8.47. The Bertz CT molecular complexity index is 1150. The van der Waals surface area contributed by atoms with Gasteiger partial charge in [0.25, 0.3) is 5.69 Å². The van der Waals surface area contributed by atoms with Crippen LogP contribution in [0.5, 0.6) is 11.5 Å². The van der Waals surface area contributed by atoms with E-state index in [2.05, 4.69) is 5.09 Å². The fourth-order valence-corrected chi connectivity index (χ4v) is 4.85. The van der Waals surface area contributed by atoms with Crippen molar-refractivity contribution in [2.75, 3.05) is 13.1 Å². The number of ether oxygens (including phenoxy) is 2. The molecule has 1 fully saturated rings. The van der Waals surface area contributed by atoms with Gasteiger partial charge in [-0.3, -0.25) is 14.9 Å². The lowest BCUT2D eigenvalue weighted by Gasteiger charge is -2.25. The van der Waals surface area contributed by atoms with Gasteiger partial charge in [-0.05, 0) is 52.0 Å². The van der Waals surface area contributed by atoms with Crippen molar-refractivity contribution in [2.24, 2.45) is 0 Å². The monoisotopic (exact) mass is 535 g/mol. The zero-order chi connectivity index (χ0) is 27.2. The summed E-state index contributed by atoms with van der Waals surface area (Å²) in [5, 5.41) is 13.5. The maximum atomic E-state index is 13.6. The Morgan fingerprint density at radius 3 is 2.24 bits per heavy atom. The molecule has 0 saturated carbocycles. The highest BCUT2D eigenvalue weighted by atomic mass is 31.2. The third-order valence-electron chi connectivity index (χ3n) is 5.03. The molecule has 2 aromatic rings. The van der Waals surface area contributed by atoms with E-state index in [1.54, 1.807) is 51.1 Å². The van der Waals surface area contributed by atoms with Crippen LogP contribution >= 0.6 is 7.75 Å². The van der Waals surface area contributed by atoms with Gasteiger partial charge in [0.2, 0.25) is 0 Å². The number of nitro benzene ring substituents is 1. The van der Waals surface area contributed by atoms with Crippen LogP contribution in [-0.4, -0.2) is 52.7 Å². The van der Waals surface area contributed by atoms with Crippen molar-refractivity contribution in [3.8, 4) is 11.5 Å². The normalized spacial score (nSPS) is 17.8. The minimum Gasteiger partial charge on any atom is -0.459 e. The quantitative estimate of drug-likeness (QED) is 0.208. The molecular weight excluding hydrogens is 505 g/mol. The van der Waals surface area contributed by atoms with Crippen LogP contribution in [-0.2, 0) is 18.8 Å². The molecule has 0 aromatic heterocycles. The molecule has 37 heavy (non-hydrogen) atoms. The van der Waals surface area contributed by atoms with Crippen LogP contribution in [0.25, 0.3) is 0 Å². The Morgan fingerprint density at radius 1 is 1.08 bits per heavy atom. The van der Waals surface area contributed by atoms with E-state index < -0.39 is 42.5 Å². The Balaban J connectivity index is 1.66. The molecule has 1 heterocycles. The van der Waals surface area contributed by atoms with Crippen LogP contribution in [0.1, 0.15) is 34.1 Å². The molecule has 13 heteroatoms. The molecule has 2 unspecified atom stereocenters. The zero-order valence-electron chi connectivity index (χ0n) is 21.0. The van der Waals surface area contributed by atoms with Crippen molar-refractivity contribution in [3.05, 3.63) is 64.7 Å². The van der Waals surface area contributed by atoms with Crippen molar-refractivity contribution < 1.29 is 37.6 Å². The molecule has 3 atom stereocenters. The second-order valence-electron chi connectivity index (χ2n) is 9.37. The molecule has 0 spiro atoms. The minimum atomic E-state index is -4.21. The van der Waals surface area contributed by atoms with Crippen molar-refractivity contribution >= 4 is 25.5 Å². The number of benzene rings is 2. The summed E-state index contributed by atoms with van der Waals surface area (Å²) in [6.07, 6.45) is -0.626. The van der Waals surface area contributed by atoms with E-state index >= 15 is 0 Å². The number of likely N-dealkylation sites (tertiary alicyclic amines) is 1.